The van der Waals surface area contributed by atoms with Crippen LogP contribution in [0.5, 0.6) is 0 Å². The molecule has 1 aromatic carbocycles. The first-order valence-electron chi connectivity index (χ1n) is 38.1. The molecule has 32 atom stereocenters. The van der Waals surface area contributed by atoms with E-state index in [4.69, 9.17) is 23.4 Å². The maximum Gasteiger partial charge on any atom is 0.339 e. The van der Waals surface area contributed by atoms with E-state index in [0.29, 0.717) is 85.8 Å². The van der Waals surface area contributed by atoms with E-state index in [1.165, 1.54) is 49.7 Å². The number of rotatable bonds is 7. The molecule has 10 bridgehead atoms. The topological polar surface area (TPSA) is 181 Å². The zero-order chi connectivity index (χ0) is 62.6. The van der Waals surface area contributed by atoms with Gasteiger partial charge < -0.3 is 43.6 Å². The predicted molar refractivity (Wildman–Crippen MR) is 341 cm³/mol. The molecule has 13 nitrogen and oxygen atoms in total. The summed E-state index contributed by atoms with van der Waals surface area (Å²) in [6, 6.07) is 11.3. The molecule has 0 amide bonds. The maximum atomic E-state index is 17.8. The van der Waals surface area contributed by atoms with Gasteiger partial charge in [-0.05, 0) is 252 Å². The Morgan fingerprint density at radius 3 is 2.66 bits per heavy atom. The number of aliphatic hydroxyl groups excluding tert-OH is 3. The number of aliphatic hydroxyl groups is 3. The van der Waals surface area contributed by atoms with Crippen LogP contribution in [0.2, 0.25) is 0 Å². The molecule has 14 aliphatic carbocycles. The molecule has 5 saturated heterocycles. The summed E-state index contributed by atoms with van der Waals surface area (Å²) in [6.45, 7) is 6.08. The number of aryl methyl sites for hydroxylation is 1. The second kappa shape index (κ2) is 17.5. The number of esters is 2. The maximum absolute atomic E-state index is 17.8. The number of nitrogens with zero attached hydrogens (tertiary/aromatic N) is 1. The molecule has 9 spiro atoms. The third kappa shape index (κ3) is 5.45. The van der Waals surface area contributed by atoms with Crippen molar-refractivity contribution in [1.29, 1.82) is 0 Å². The predicted octanol–water partition coefficient (Wildman–Crippen LogP) is 10.1. The number of allylic oxidation sites excluding steroid dienone is 2. The van der Waals surface area contributed by atoms with Gasteiger partial charge in [0.2, 0.25) is 0 Å². The molecule has 94 heavy (non-hydrogen) atoms. The van der Waals surface area contributed by atoms with Crippen molar-refractivity contribution >= 4 is 17.7 Å². The van der Waals surface area contributed by atoms with Crippen molar-refractivity contribution in [3.63, 3.8) is 0 Å². The number of nitrogens with one attached hydrogen (secondary N) is 1. The summed E-state index contributed by atoms with van der Waals surface area (Å²) < 4.78 is 39.2. The molecule has 0 radical (unpaired) electrons. The Balaban J connectivity index is 0.802. The smallest absolute Gasteiger partial charge is 0.339 e. The summed E-state index contributed by atoms with van der Waals surface area (Å²) in [5, 5.41) is 42.6. The van der Waals surface area contributed by atoms with E-state index in [0.717, 1.165) is 88.5 Å². The lowest BCUT2D eigenvalue weighted by atomic mass is 9.27. The van der Waals surface area contributed by atoms with Crippen LogP contribution in [0.4, 0.5) is 0 Å². The van der Waals surface area contributed by atoms with E-state index in [9.17, 15) is 10.2 Å². The summed E-state index contributed by atoms with van der Waals surface area (Å²) in [5.74, 6) is 8.34. The van der Waals surface area contributed by atoms with E-state index in [-0.39, 0.29) is 77.2 Å². The molecule has 2 aromatic rings. The summed E-state index contributed by atoms with van der Waals surface area (Å²) in [7, 11) is 0. The van der Waals surface area contributed by atoms with Gasteiger partial charge in [0.1, 0.15) is 35.1 Å². The van der Waals surface area contributed by atoms with E-state index >= 15 is 19.5 Å². The van der Waals surface area contributed by atoms with Gasteiger partial charge in [-0.25, -0.2) is 4.79 Å². The monoisotopic (exact) mass is 1270 g/mol. The summed E-state index contributed by atoms with van der Waals surface area (Å²) in [4.78, 5) is 54.2. The Bertz CT molecular complexity index is 3940. The van der Waals surface area contributed by atoms with Gasteiger partial charge in [-0.1, -0.05) is 79.8 Å². The first-order valence-corrected chi connectivity index (χ1v) is 38.1. The number of epoxide rings is 1. The highest BCUT2D eigenvalue weighted by molar-refractivity contribution is 5.96. The number of cyclic esters (lactones) is 1. The van der Waals surface area contributed by atoms with Crippen molar-refractivity contribution in [2.75, 3.05) is 26.4 Å². The fourth-order valence-electron chi connectivity index (χ4n) is 34.1. The van der Waals surface area contributed by atoms with Gasteiger partial charge in [0.15, 0.2) is 17.5 Å². The highest BCUT2D eigenvalue weighted by Crippen LogP contribution is 2.99. The lowest BCUT2D eigenvalue weighted by molar-refractivity contribution is -0.325. The molecular weight excluding hydrogens is 1180 g/mol. The molecule has 0 unspecified atom stereocenters. The highest BCUT2D eigenvalue weighted by Gasteiger charge is 3.04. The van der Waals surface area contributed by atoms with Crippen LogP contribution in [0.15, 0.2) is 77.1 Å². The zero-order valence-electron chi connectivity index (χ0n) is 54.9. The number of ether oxygens (including phenoxy) is 4. The lowest BCUT2D eigenvalue weighted by Crippen LogP contribution is -2.85. The van der Waals surface area contributed by atoms with Crippen molar-refractivity contribution in [1.82, 2.24) is 10.2 Å². The third-order valence-electron chi connectivity index (χ3n) is 35.4. The second-order valence-corrected chi connectivity index (χ2v) is 36.8. The Morgan fingerprint density at radius 2 is 1.78 bits per heavy atom. The minimum Gasteiger partial charge on any atom is -0.469 e. The molecule has 4 N–H and O–H groups in total. The quantitative estimate of drug-likeness (QED) is 0.0891. The number of Topliss-reactive ketones (excluding diaryl/α,β-unsaturated/α-hetero) is 1. The second-order valence-electron chi connectivity index (χ2n) is 36.8. The van der Waals surface area contributed by atoms with E-state index in [1.807, 2.05) is 6.26 Å². The van der Waals surface area contributed by atoms with Crippen LogP contribution in [0.1, 0.15) is 158 Å². The Morgan fingerprint density at radius 1 is 0.883 bits per heavy atom. The van der Waals surface area contributed by atoms with Gasteiger partial charge in [0, 0.05) is 46.7 Å². The van der Waals surface area contributed by atoms with Crippen LogP contribution < -0.4 is 5.32 Å². The molecule has 494 valence electrons. The Labute approximate surface area is 552 Å². The summed E-state index contributed by atoms with van der Waals surface area (Å²) >= 11 is 0. The van der Waals surface area contributed by atoms with Crippen LogP contribution in [0.25, 0.3) is 0 Å². The molecular formula is C81H94N2O11. The fraction of sp³-hybridized carbons (Fsp3) is 0.741. The van der Waals surface area contributed by atoms with Crippen LogP contribution in [0, 0.1) is 150 Å². The largest absolute Gasteiger partial charge is 0.469 e. The van der Waals surface area contributed by atoms with Crippen LogP contribution >= 0.6 is 0 Å². The summed E-state index contributed by atoms with van der Waals surface area (Å²) in [5.41, 5.74) is -6.48. The molecule has 16 fully saturated rings. The summed E-state index contributed by atoms with van der Waals surface area (Å²) in [6.07, 6.45) is 30.7. The van der Waals surface area contributed by atoms with Crippen molar-refractivity contribution in [3.05, 3.63) is 95.1 Å². The average molecular weight is 1270 g/mol. The van der Waals surface area contributed by atoms with E-state index in [1.54, 1.807) is 0 Å². The molecule has 1 aromatic heterocycles. The van der Waals surface area contributed by atoms with Gasteiger partial charge in [-0.2, -0.15) is 0 Å². The van der Waals surface area contributed by atoms with Gasteiger partial charge in [-0.15, -0.1) is 0 Å². The number of hydrogen-bond donors (Lipinski definition) is 4. The number of hydrogen-bond acceptors (Lipinski definition) is 13. The van der Waals surface area contributed by atoms with Crippen LogP contribution in [-0.4, -0.2) is 106 Å². The third-order valence-corrected chi connectivity index (χ3v) is 35.4. The van der Waals surface area contributed by atoms with Gasteiger partial charge in [0.05, 0.1) is 48.5 Å². The van der Waals surface area contributed by atoms with Gasteiger partial charge >= 0.3 is 11.9 Å². The van der Waals surface area contributed by atoms with Crippen molar-refractivity contribution in [3.8, 4) is 11.8 Å². The fourth-order valence-corrected chi connectivity index (χ4v) is 34.1. The van der Waals surface area contributed by atoms with Gasteiger partial charge in [-0.3, -0.25) is 14.9 Å². The minimum atomic E-state index is -1.57. The molecule has 13 heteroatoms. The minimum absolute atomic E-state index is 0.0221. The SMILES string of the molecule is C[C@]12C[C@@H]3[C@@H]4[C@@]56COC(=O)[C@]78C=C[C@@H]9C[C@H](CC%10=CC[C@](C)(O[C@]%1057)[C@H]6C(=O)[C@@H](O)[C@]45[C@H]4C[C@@H](Cc6ccccc6)CC[C@@H]4C#C[C@@H]4CCc6coc(C[C@@H]([C@@H]7CC[C@H]%10[C@H](C=CN%11CNC[C@H]%10%11)C7)[C@H](O)CO)c6[C@@]41OC(=O)[C@H]1O[C@@]152)[C@]81[C@@H]3C[C@H]2CC[C@@H]3CCC[C@@]34CC[C@]91[C@H]24. The number of ketones is 1. The number of carbonyl (C=O) groups is 3. The van der Waals surface area contributed by atoms with E-state index in [2.05, 4.69) is 96.7 Å². The number of furan rings is 1. The average Bonchev–Trinajstić information content (AvgIpc) is 1.39. The van der Waals surface area contributed by atoms with Crippen molar-refractivity contribution < 1.29 is 53.1 Å². The van der Waals surface area contributed by atoms with Crippen molar-refractivity contribution in [2.45, 2.75) is 202 Å². The molecule has 11 saturated carbocycles. The lowest BCUT2D eigenvalue weighted by Gasteiger charge is -2.76. The normalized spacial score (nSPS) is 57.3. The zero-order valence-corrected chi connectivity index (χ0v) is 54.9. The molecule has 21 aliphatic rings. The molecule has 23 rings (SSSR count). The van der Waals surface area contributed by atoms with Crippen LogP contribution in [-0.2, 0) is 58.2 Å². The molecule has 7 aliphatic heterocycles. The molecule has 8 heterocycles. The standard InChI is InChI=1S/C81H94N2O11/c1-71-24-20-52-34-53-33-51-21-25-76-70(89)91-40-75(80(52,76)94-71)65-56(58-32-47-13-16-49-9-6-23-73(49)26-27-74(51,64(47)73)78(53,58)76)36-72(2)79-50(18-14-48-39-90-61(62(48)79)35-55(60(85)38-84)45-15-19-54-46(31-45)22-28-83-41-82-37-59(54)83)17-12-44-11-10-43(29-42-7-4-3-5-8-42)30-57(44)77(65,67(87)63(86)66(71)75)81(72)68(92-81)69(88)93-79/h3-5,7-8,20-22,25,28,39,43-47,49-51,53-60,64-68,82,84-85,87H,6,9-11,13-16,18-19,23-24,26-27,29-38,40-41H2,1-2H3/t43-,44-,45-,46-,47-,49+,50-,51-,53-,54+,55+,56+,57+,58-,59-,60-,64-,65-,66-,67-,68-,71+,72+,73-,74-,75-,76+,77+,78-,79+,80-,81-/m1/s1. The number of fused-ring (bicyclic) bond motifs is 8. The van der Waals surface area contributed by atoms with Gasteiger partial charge in [0.25, 0.3) is 0 Å². The number of benzene rings is 1. The highest BCUT2D eigenvalue weighted by atomic mass is 16.7. The Kier molecular flexibility index (Phi) is 10.5. The van der Waals surface area contributed by atoms with E-state index < -0.39 is 97.4 Å². The van der Waals surface area contributed by atoms with Crippen molar-refractivity contribution in [2.24, 2.45) is 139 Å². The first kappa shape index (κ1) is 56.3. The number of carbonyl (C=O) groups excluding carboxylic acids is 3. The Hall–Kier alpha value is -4.55. The first-order chi connectivity index (χ1) is 45.6. The van der Waals surface area contributed by atoms with Crippen LogP contribution in [0.3, 0.4) is 0 Å².